The fraction of sp³-hybridized carbons (Fsp3) is 0.412. The zero-order chi connectivity index (χ0) is 18.1. The summed E-state index contributed by atoms with van der Waals surface area (Å²) < 4.78 is 0. The lowest BCUT2D eigenvalue weighted by Crippen LogP contribution is -2.50. The van der Waals surface area contributed by atoms with Gasteiger partial charge in [-0.2, -0.15) is 4.98 Å². The number of anilines is 2. The lowest BCUT2D eigenvalue weighted by atomic mass is 9.78. The normalized spacial score (nSPS) is 22.3. The number of rotatable bonds is 4. The number of aromatic amines is 1. The fourth-order valence-corrected chi connectivity index (χ4v) is 3.56. The van der Waals surface area contributed by atoms with Gasteiger partial charge in [-0.25, -0.2) is 0 Å². The first-order chi connectivity index (χ1) is 11.9. The van der Waals surface area contributed by atoms with Crippen molar-refractivity contribution < 1.29 is 4.92 Å². The zero-order valence-corrected chi connectivity index (χ0v) is 14.1. The Morgan fingerprint density at radius 2 is 2.00 bits per heavy atom. The van der Waals surface area contributed by atoms with E-state index in [9.17, 15) is 14.9 Å². The maximum Gasteiger partial charge on any atom is 0.258 e. The van der Waals surface area contributed by atoms with Crippen molar-refractivity contribution in [1.29, 1.82) is 0 Å². The second kappa shape index (κ2) is 6.54. The number of nitrogens with one attached hydrogen (secondary N) is 2. The molecule has 25 heavy (non-hydrogen) atoms. The quantitative estimate of drug-likeness (QED) is 0.575. The number of nitrogens with zero attached hydrogens (tertiary/aromatic N) is 2. The molecule has 0 fully saturated rings. The second-order valence-corrected chi connectivity index (χ2v) is 6.76. The highest BCUT2D eigenvalue weighted by Gasteiger charge is 2.47. The van der Waals surface area contributed by atoms with E-state index in [1.54, 1.807) is 12.1 Å². The molecule has 1 aliphatic rings. The molecule has 0 radical (unpaired) electrons. The van der Waals surface area contributed by atoms with Crippen LogP contribution in [0, 0.1) is 16.0 Å². The summed E-state index contributed by atoms with van der Waals surface area (Å²) in [4.78, 5) is 30.8. The molecule has 1 aliphatic heterocycles. The van der Waals surface area contributed by atoms with E-state index in [0.717, 1.165) is 5.56 Å². The lowest BCUT2D eigenvalue weighted by molar-refractivity contribution is -0.528. The molecular formula is C17H21N5O3. The molecule has 0 spiro atoms. The Morgan fingerprint density at radius 1 is 1.32 bits per heavy atom. The van der Waals surface area contributed by atoms with Crippen LogP contribution in [-0.2, 0) is 0 Å². The largest absolute Gasteiger partial charge is 0.369 e. The van der Waals surface area contributed by atoms with Gasteiger partial charge in [0.05, 0.1) is 17.5 Å². The van der Waals surface area contributed by atoms with Gasteiger partial charge in [-0.15, -0.1) is 0 Å². The maximum absolute atomic E-state index is 12.5. The van der Waals surface area contributed by atoms with Gasteiger partial charge in [0.25, 0.3) is 5.56 Å². The van der Waals surface area contributed by atoms with E-state index in [1.807, 2.05) is 32.0 Å². The molecular weight excluding hydrogens is 322 g/mol. The SMILES string of the molecule is CC(C)C[C@H]1Nc2nc(N)[nH]c(=O)c2[C@H](c2ccccc2)[C@H]1[N+](=O)[O-]. The zero-order valence-electron chi connectivity index (χ0n) is 14.1. The Hall–Kier alpha value is -2.90. The van der Waals surface area contributed by atoms with Crippen molar-refractivity contribution in [3.63, 3.8) is 0 Å². The maximum atomic E-state index is 12.5. The predicted octanol–water partition coefficient (Wildman–Crippen LogP) is 1.97. The third-order valence-corrected chi connectivity index (χ3v) is 4.49. The number of hydrogen-bond donors (Lipinski definition) is 3. The van der Waals surface area contributed by atoms with E-state index in [4.69, 9.17) is 5.73 Å². The summed E-state index contributed by atoms with van der Waals surface area (Å²) in [6.45, 7) is 4.01. The topological polar surface area (TPSA) is 127 Å². The minimum Gasteiger partial charge on any atom is -0.369 e. The predicted molar refractivity (Wildman–Crippen MR) is 95.2 cm³/mol. The highest BCUT2D eigenvalue weighted by atomic mass is 16.6. The van der Waals surface area contributed by atoms with E-state index in [1.165, 1.54) is 0 Å². The molecule has 0 saturated carbocycles. The van der Waals surface area contributed by atoms with Gasteiger partial charge in [-0.1, -0.05) is 44.2 Å². The van der Waals surface area contributed by atoms with Gasteiger partial charge in [-0.05, 0) is 17.9 Å². The van der Waals surface area contributed by atoms with Crippen molar-refractivity contribution in [3.8, 4) is 0 Å². The van der Waals surface area contributed by atoms with Crippen LogP contribution in [0.5, 0.6) is 0 Å². The van der Waals surface area contributed by atoms with Gasteiger partial charge >= 0.3 is 0 Å². The standard InChI is InChI=1S/C17H21N5O3/c1-9(2)8-11-14(22(24)25)12(10-6-4-3-5-7-10)13-15(19-11)20-17(18)21-16(13)23/h3-7,9,11-12,14H,8H2,1-2H3,(H4,18,19,20,21,23)/t11-,12+,14+/m1/s1. The third kappa shape index (κ3) is 3.19. The summed E-state index contributed by atoms with van der Waals surface area (Å²) in [6.07, 6.45) is 0.586. The van der Waals surface area contributed by atoms with Crippen LogP contribution in [0.15, 0.2) is 35.1 Å². The molecule has 0 saturated heterocycles. The van der Waals surface area contributed by atoms with Gasteiger partial charge in [0.2, 0.25) is 12.0 Å². The van der Waals surface area contributed by atoms with E-state index < -0.39 is 23.6 Å². The minimum absolute atomic E-state index is 0.00842. The molecule has 8 heteroatoms. The van der Waals surface area contributed by atoms with Crippen LogP contribution < -0.4 is 16.6 Å². The van der Waals surface area contributed by atoms with Crippen LogP contribution in [-0.4, -0.2) is 27.0 Å². The van der Waals surface area contributed by atoms with E-state index >= 15 is 0 Å². The number of benzene rings is 1. The third-order valence-electron chi connectivity index (χ3n) is 4.49. The molecule has 2 aromatic rings. The van der Waals surface area contributed by atoms with Crippen LogP contribution >= 0.6 is 0 Å². The van der Waals surface area contributed by atoms with Crippen LogP contribution in [0.2, 0.25) is 0 Å². The number of fused-ring (bicyclic) bond motifs is 1. The first-order valence-corrected chi connectivity index (χ1v) is 8.23. The summed E-state index contributed by atoms with van der Waals surface area (Å²) in [5, 5.41) is 15.0. The molecule has 8 nitrogen and oxygen atoms in total. The fourth-order valence-electron chi connectivity index (χ4n) is 3.56. The smallest absolute Gasteiger partial charge is 0.258 e. The average Bonchev–Trinajstić information content (AvgIpc) is 2.53. The number of hydrogen-bond acceptors (Lipinski definition) is 6. The summed E-state index contributed by atoms with van der Waals surface area (Å²) in [5.41, 5.74) is 6.21. The van der Waals surface area contributed by atoms with Crippen molar-refractivity contribution in [2.75, 3.05) is 11.1 Å². The highest BCUT2D eigenvalue weighted by Crippen LogP contribution is 2.39. The molecule has 3 atom stereocenters. The van der Waals surface area contributed by atoms with E-state index in [0.29, 0.717) is 12.2 Å². The molecule has 0 bridgehead atoms. The van der Waals surface area contributed by atoms with Crippen LogP contribution in [0.3, 0.4) is 0 Å². The minimum atomic E-state index is -0.969. The molecule has 2 heterocycles. The van der Waals surface area contributed by atoms with Gasteiger partial charge in [0.1, 0.15) is 5.82 Å². The number of nitro groups is 1. The van der Waals surface area contributed by atoms with Crippen molar-refractivity contribution >= 4 is 11.8 Å². The van der Waals surface area contributed by atoms with Crippen LogP contribution in [0.1, 0.15) is 37.3 Å². The monoisotopic (exact) mass is 343 g/mol. The van der Waals surface area contributed by atoms with Crippen molar-refractivity contribution in [2.24, 2.45) is 5.92 Å². The Morgan fingerprint density at radius 3 is 2.60 bits per heavy atom. The van der Waals surface area contributed by atoms with Crippen molar-refractivity contribution in [1.82, 2.24) is 9.97 Å². The molecule has 4 N–H and O–H groups in total. The van der Waals surface area contributed by atoms with Gasteiger partial charge in [0, 0.05) is 4.92 Å². The molecule has 3 rings (SSSR count). The summed E-state index contributed by atoms with van der Waals surface area (Å²) in [5.74, 6) is -0.116. The number of nitrogen functional groups attached to an aromatic ring is 1. The van der Waals surface area contributed by atoms with Gasteiger partial charge < -0.3 is 11.1 Å². The molecule has 0 aliphatic carbocycles. The second-order valence-electron chi connectivity index (χ2n) is 6.76. The van der Waals surface area contributed by atoms with E-state index in [-0.39, 0.29) is 22.4 Å². The van der Waals surface area contributed by atoms with Crippen LogP contribution in [0.25, 0.3) is 0 Å². The number of nitrogens with two attached hydrogens (primary N) is 1. The number of H-pyrrole nitrogens is 1. The van der Waals surface area contributed by atoms with E-state index in [2.05, 4.69) is 15.3 Å². The first-order valence-electron chi connectivity index (χ1n) is 8.23. The van der Waals surface area contributed by atoms with Gasteiger partial charge in [-0.3, -0.25) is 19.9 Å². The number of aromatic nitrogens is 2. The highest BCUT2D eigenvalue weighted by molar-refractivity contribution is 5.55. The molecule has 1 aromatic heterocycles. The first kappa shape index (κ1) is 16.9. The van der Waals surface area contributed by atoms with Crippen LogP contribution in [0.4, 0.5) is 11.8 Å². The summed E-state index contributed by atoms with van der Waals surface area (Å²) in [7, 11) is 0. The Kier molecular flexibility index (Phi) is 4.43. The molecule has 0 amide bonds. The van der Waals surface area contributed by atoms with Crippen molar-refractivity contribution in [2.45, 2.75) is 38.3 Å². The van der Waals surface area contributed by atoms with Gasteiger partial charge in [0.15, 0.2) is 0 Å². The average molecular weight is 343 g/mol. The Balaban J connectivity index is 2.23. The Labute approximate surface area is 144 Å². The summed E-state index contributed by atoms with van der Waals surface area (Å²) >= 11 is 0. The molecule has 132 valence electrons. The molecule has 0 unspecified atom stereocenters. The summed E-state index contributed by atoms with van der Waals surface area (Å²) in [6, 6.07) is 7.65. The lowest BCUT2D eigenvalue weighted by Gasteiger charge is -2.35. The molecule has 1 aromatic carbocycles. The van der Waals surface area contributed by atoms with Crippen molar-refractivity contribution in [3.05, 3.63) is 61.9 Å². The Bertz CT molecular complexity index is 834.